The first-order chi connectivity index (χ1) is 9.51. The summed E-state index contributed by atoms with van der Waals surface area (Å²) in [7, 11) is 1.54. The van der Waals surface area contributed by atoms with E-state index in [1.54, 1.807) is 7.05 Å². The van der Waals surface area contributed by atoms with E-state index in [1.165, 1.54) is 9.80 Å². The zero-order valence-electron chi connectivity index (χ0n) is 12.1. The number of nitrogens with zero attached hydrogens (tertiary/aromatic N) is 2. The van der Waals surface area contributed by atoms with E-state index in [1.807, 2.05) is 6.92 Å². The first-order valence-electron chi connectivity index (χ1n) is 7.00. The summed E-state index contributed by atoms with van der Waals surface area (Å²) >= 11 is 0. The van der Waals surface area contributed by atoms with Crippen molar-refractivity contribution in [1.82, 2.24) is 15.1 Å². The standard InChI is InChI=1S/C13H23N3O4/c1-3-7-15(9-11(17)18)13(20)16-8-5-4-6-10(16)12(19)14-2/h10H,3-9H2,1-2H3,(H,14,19)(H,17,18). The minimum atomic E-state index is -1.04. The van der Waals surface area contributed by atoms with Crippen LogP contribution < -0.4 is 5.32 Å². The monoisotopic (exact) mass is 285 g/mol. The van der Waals surface area contributed by atoms with Crippen LogP contribution in [-0.4, -0.2) is 65.5 Å². The van der Waals surface area contributed by atoms with Crippen molar-refractivity contribution < 1.29 is 19.5 Å². The van der Waals surface area contributed by atoms with Gasteiger partial charge in [-0.2, -0.15) is 0 Å². The lowest BCUT2D eigenvalue weighted by atomic mass is 10.0. The molecule has 1 aliphatic rings. The molecular weight excluding hydrogens is 262 g/mol. The topological polar surface area (TPSA) is 90.0 Å². The van der Waals surface area contributed by atoms with Crippen LogP contribution in [0.4, 0.5) is 4.79 Å². The van der Waals surface area contributed by atoms with Gasteiger partial charge in [0, 0.05) is 20.1 Å². The number of likely N-dealkylation sites (N-methyl/N-ethyl adjacent to an activating group) is 1. The molecule has 3 amide bonds. The molecule has 1 atom stereocenters. The lowest BCUT2D eigenvalue weighted by Gasteiger charge is -2.37. The first kappa shape index (κ1) is 16.3. The number of piperidine rings is 1. The number of carbonyl (C=O) groups is 3. The van der Waals surface area contributed by atoms with Gasteiger partial charge in [-0.15, -0.1) is 0 Å². The first-order valence-corrected chi connectivity index (χ1v) is 7.00. The Kier molecular flexibility index (Phi) is 6.27. The molecule has 7 heteroatoms. The van der Waals surface area contributed by atoms with Crippen LogP contribution >= 0.6 is 0 Å². The quantitative estimate of drug-likeness (QED) is 0.770. The Labute approximate surface area is 118 Å². The van der Waals surface area contributed by atoms with Gasteiger partial charge in [-0.1, -0.05) is 6.92 Å². The molecule has 0 radical (unpaired) electrons. The van der Waals surface area contributed by atoms with Crippen molar-refractivity contribution in [2.45, 2.75) is 38.6 Å². The van der Waals surface area contributed by atoms with Crippen LogP contribution in [0.25, 0.3) is 0 Å². The van der Waals surface area contributed by atoms with E-state index in [9.17, 15) is 14.4 Å². The predicted molar refractivity (Wildman–Crippen MR) is 73.3 cm³/mol. The highest BCUT2D eigenvalue weighted by Gasteiger charge is 2.34. The normalized spacial score (nSPS) is 18.5. The molecule has 0 aromatic carbocycles. The largest absolute Gasteiger partial charge is 0.480 e. The van der Waals surface area contributed by atoms with Crippen molar-refractivity contribution in [1.29, 1.82) is 0 Å². The van der Waals surface area contributed by atoms with Gasteiger partial charge in [0.05, 0.1) is 0 Å². The maximum Gasteiger partial charge on any atom is 0.323 e. The minimum Gasteiger partial charge on any atom is -0.480 e. The molecule has 1 aliphatic heterocycles. The molecule has 1 rings (SSSR count). The maximum atomic E-state index is 12.5. The molecule has 0 spiro atoms. The van der Waals surface area contributed by atoms with Gasteiger partial charge in [-0.05, 0) is 25.7 Å². The molecular formula is C13H23N3O4. The number of aliphatic carboxylic acids is 1. The number of hydrogen-bond donors (Lipinski definition) is 2. The molecule has 114 valence electrons. The van der Waals surface area contributed by atoms with Crippen LogP contribution in [0.3, 0.4) is 0 Å². The molecule has 1 saturated heterocycles. The van der Waals surface area contributed by atoms with E-state index in [0.29, 0.717) is 25.9 Å². The highest BCUT2D eigenvalue weighted by atomic mass is 16.4. The molecule has 1 heterocycles. The average molecular weight is 285 g/mol. The Hall–Kier alpha value is -1.79. The second kappa shape index (κ2) is 7.72. The van der Waals surface area contributed by atoms with Gasteiger partial charge in [0.25, 0.3) is 0 Å². The lowest BCUT2D eigenvalue weighted by molar-refractivity contribution is -0.137. The van der Waals surface area contributed by atoms with E-state index < -0.39 is 12.0 Å². The zero-order chi connectivity index (χ0) is 15.1. The number of rotatable bonds is 5. The molecule has 7 nitrogen and oxygen atoms in total. The lowest BCUT2D eigenvalue weighted by Crippen LogP contribution is -2.56. The van der Waals surface area contributed by atoms with Gasteiger partial charge in [-0.25, -0.2) is 4.79 Å². The van der Waals surface area contributed by atoms with Crippen LogP contribution in [0, 0.1) is 0 Å². The summed E-state index contributed by atoms with van der Waals surface area (Å²) in [6, 6.07) is -0.850. The zero-order valence-corrected chi connectivity index (χ0v) is 12.1. The van der Waals surface area contributed by atoms with Crippen molar-refractivity contribution in [3.05, 3.63) is 0 Å². The molecule has 0 aromatic rings. The number of urea groups is 1. The fraction of sp³-hybridized carbons (Fsp3) is 0.769. The summed E-state index contributed by atoms with van der Waals surface area (Å²) in [5, 5.41) is 11.5. The van der Waals surface area contributed by atoms with Crippen molar-refractivity contribution in [2.75, 3.05) is 26.7 Å². The van der Waals surface area contributed by atoms with Crippen LogP contribution in [0.5, 0.6) is 0 Å². The number of nitrogens with one attached hydrogen (secondary N) is 1. The predicted octanol–water partition coefficient (Wildman–Crippen LogP) is 0.504. The maximum absolute atomic E-state index is 12.5. The van der Waals surface area contributed by atoms with E-state index in [4.69, 9.17) is 5.11 Å². The molecule has 1 unspecified atom stereocenters. The van der Waals surface area contributed by atoms with Gasteiger partial charge in [-0.3, -0.25) is 9.59 Å². The third-order valence-electron chi connectivity index (χ3n) is 3.39. The van der Waals surface area contributed by atoms with Crippen molar-refractivity contribution in [3.8, 4) is 0 Å². The second-order valence-corrected chi connectivity index (χ2v) is 4.92. The Morgan fingerprint density at radius 2 is 2.05 bits per heavy atom. The summed E-state index contributed by atoms with van der Waals surface area (Å²) in [6.45, 7) is 2.43. The van der Waals surface area contributed by atoms with Crippen LogP contribution in [0.2, 0.25) is 0 Å². The summed E-state index contributed by atoms with van der Waals surface area (Å²) in [6.07, 6.45) is 3.04. The molecule has 2 N–H and O–H groups in total. The van der Waals surface area contributed by atoms with Gasteiger partial charge in [0.1, 0.15) is 12.6 Å². The molecule has 0 aliphatic carbocycles. The van der Waals surface area contributed by atoms with Gasteiger partial charge < -0.3 is 20.2 Å². The SMILES string of the molecule is CCCN(CC(=O)O)C(=O)N1CCCCC1C(=O)NC. The molecule has 20 heavy (non-hydrogen) atoms. The van der Waals surface area contributed by atoms with E-state index in [-0.39, 0.29) is 18.5 Å². The van der Waals surface area contributed by atoms with E-state index >= 15 is 0 Å². The van der Waals surface area contributed by atoms with Gasteiger partial charge in [0.2, 0.25) is 5.91 Å². The molecule has 0 saturated carbocycles. The van der Waals surface area contributed by atoms with Gasteiger partial charge in [0.15, 0.2) is 0 Å². The number of likely N-dealkylation sites (tertiary alicyclic amines) is 1. The summed E-state index contributed by atoms with van der Waals surface area (Å²) in [5.41, 5.74) is 0. The van der Waals surface area contributed by atoms with Crippen LogP contribution in [-0.2, 0) is 9.59 Å². The van der Waals surface area contributed by atoms with Gasteiger partial charge >= 0.3 is 12.0 Å². The number of carboxylic acid groups (broad SMARTS) is 1. The van der Waals surface area contributed by atoms with E-state index in [2.05, 4.69) is 5.32 Å². The fourth-order valence-electron chi connectivity index (χ4n) is 2.46. The Morgan fingerprint density at radius 3 is 2.60 bits per heavy atom. The minimum absolute atomic E-state index is 0.190. The third-order valence-corrected chi connectivity index (χ3v) is 3.39. The Morgan fingerprint density at radius 1 is 1.35 bits per heavy atom. The van der Waals surface area contributed by atoms with Crippen molar-refractivity contribution >= 4 is 17.9 Å². The second-order valence-electron chi connectivity index (χ2n) is 4.92. The number of carboxylic acids is 1. The highest BCUT2D eigenvalue weighted by molar-refractivity contribution is 5.88. The summed E-state index contributed by atoms with van der Waals surface area (Å²) in [5.74, 6) is -1.23. The Bertz CT molecular complexity index is 373. The van der Waals surface area contributed by atoms with Crippen LogP contribution in [0.1, 0.15) is 32.6 Å². The number of amides is 3. The fourth-order valence-corrected chi connectivity index (χ4v) is 2.46. The Balaban J connectivity index is 2.83. The molecule has 0 bridgehead atoms. The number of hydrogen-bond acceptors (Lipinski definition) is 3. The van der Waals surface area contributed by atoms with Crippen molar-refractivity contribution in [2.24, 2.45) is 0 Å². The van der Waals surface area contributed by atoms with Crippen LogP contribution in [0.15, 0.2) is 0 Å². The number of carbonyl (C=O) groups excluding carboxylic acids is 2. The molecule has 0 aromatic heterocycles. The summed E-state index contributed by atoms with van der Waals surface area (Å²) < 4.78 is 0. The van der Waals surface area contributed by atoms with E-state index in [0.717, 1.165) is 12.8 Å². The molecule has 1 fully saturated rings. The summed E-state index contributed by atoms with van der Waals surface area (Å²) in [4.78, 5) is 38.0. The highest BCUT2D eigenvalue weighted by Crippen LogP contribution is 2.19. The smallest absolute Gasteiger partial charge is 0.323 e. The third kappa shape index (κ3) is 4.11. The average Bonchev–Trinajstić information content (AvgIpc) is 2.44. The van der Waals surface area contributed by atoms with Crippen molar-refractivity contribution in [3.63, 3.8) is 0 Å².